The van der Waals surface area contributed by atoms with Crippen molar-refractivity contribution in [1.82, 2.24) is 5.32 Å². The van der Waals surface area contributed by atoms with Gasteiger partial charge in [0.15, 0.2) is 0 Å². The maximum Gasteiger partial charge on any atom is 0.108 e. The van der Waals surface area contributed by atoms with Gasteiger partial charge in [-0.2, -0.15) is 0 Å². The number of hydrogen-bond donors (Lipinski definition) is 1. The van der Waals surface area contributed by atoms with E-state index >= 15 is 0 Å². The summed E-state index contributed by atoms with van der Waals surface area (Å²) in [4.78, 5) is 0. The molecule has 1 aliphatic rings. The van der Waals surface area contributed by atoms with E-state index in [-0.39, 0.29) is 11.5 Å². The van der Waals surface area contributed by atoms with Crippen LogP contribution in [0.5, 0.6) is 0 Å². The number of nitrogens with one attached hydrogen (secondary N) is 1. The predicted octanol–water partition coefficient (Wildman–Crippen LogP) is 1.90. The standard InChI is InChI=1S/C9H16FN/c1-4-8(11-5-2)9(3)6-7(9)10/h4,7-8,11H,1,5-6H2,2-3H3. The average molecular weight is 157 g/mol. The molecule has 0 amide bonds. The smallest absolute Gasteiger partial charge is 0.108 e. The summed E-state index contributed by atoms with van der Waals surface area (Å²) in [5.74, 6) is 0. The molecule has 1 rings (SSSR count). The van der Waals surface area contributed by atoms with E-state index in [2.05, 4.69) is 11.9 Å². The average Bonchev–Trinajstić information content (AvgIpc) is 2.56. The van der Waals surface area contributed by atoms with Gasteiger partial charge < -0.3 is 5.32 Å². The van der Waals surface area contributed by atoms with E-state index in [1.165, 1.54) is 0 Å². The van der Waals surface area contributed by atoms with E-state index in [9.17, 15) is 4.39 Å². The fourth-order valence-corrected chi connectivity index (χ4v) is 1.45. The van der Waals surface area contributed by atoms with Gasteiger partial charge in [0.05, 0.1) is 0 Å². The predicted molar refractivity (Wildman–Crippen MR) is 45.3 cm³/mol. The fraction of sp³-hybridized carbons (Fsp3) is 0.778. The second-order valence-corrected chi connectivity index (χ2v) is 3.45. The van der Waals surface area contributed by atoms with Crippen molar-refractivity contribution in [3.63, 3.8) is 0 Å². The SMILES string of the molecule is C=CC(NCC)C1(C)CC1F. The van der Waals surface area contributed by atoms with E-state index in [1.54, 1.807) is 0 Å². The number of hydrogen-bond acceptors (Lipinski definition) is 1. The molecule has 3 atom stereocenters. The molecule has 1 fully saturated rings. The summed E-state index contributed by atoms with van der Waals surface area (Å²) in [6.45, 7) is 8.55. The van der Waals surface area contributed by atoms with Crippen LogP contribution in [0, 0.1) is 5.41 Å². The molecular formula is C9H16FN. The molecule has 1 N–H and O–H groups in total. The lowest BCUT2D eigenvalue weighted by Gasteiger charge is -2.20. The van der Waals surface area contributed by atoms with Crippen LogP contribution in [-0.4, -0.2) is 18.8 Å². The van der Waals surface area contributed by atoms with Crippen LogP contribution in [0.15, 0.2) is 12.7 Å². The van der Waals surface area contributed by atoms with Gasteiger partial charge in [-0.3, -0.25) is 0 Å². The molecule has 0 heterocycles. The Kier molecular flexibility index (Phi) is 2.33. The molecule has 0 bridgehead atoms. The minimum absolute atomic E-state index is 0.141. The van der Waals surface area contributed by atoms with E-state index < -0.39 is 6.17 Å². The largest absolute Gasteiger partial charge is 0.310 e. The second-order valence-electron chi connectivity index (χ2n) is 3.45. The lowest BCUT2D eigenvalue weighted by Crippen LogP contribution is -2.35. The van der Waals surface area contributed by atoms with Gasteiger partial charge in [0.1, 0.15) is 6.17 Å². The maximum atomic E-state index is 12.8. The molecule has 64 valence electrons. The van der Waals surface area contributed by atoms with Crippen molar-refractivity contribution < 1.29 is 4.39 Å². The molecule has 0 aliphatic heterocycles. The Morgan fingerprint density at radius 2 is 2.45 bits per heavy atom. The Balaban J connectivity index is 2.49. The Labute approximate surface area is 67.7 Å². The first-order chi connectivity index (χ1) is 5.15. The highest BCUT2D eigenvalue weighted by molar-refractivity contribution is 5.12. The Hall–Kier alpha value is -0.370. The number of rotatable bonds is 4. The van der Waals surface area contributed by atoms with Gasteiger partial charge in [0.25, 0.3) is 0 Å². The third-order valence-electron chi connectivity index (χ3n) is 2.54. The third kappa shape index (κ3) is 1.45. The second kappa shape index (κ2) is 2.94. The molecule has 1 aliphatic carbocycles. The highest BCUT2D eigenvalue weighted by Crippen LogP contribution is 2.51. The molecule has 0 aromatic rings. The molecule has 1 saturated carbocycles. The van der Waals surface area contributed by atoms with Crippen LogP contribution in [-0.2, 0) is 0 Å². The first-order valence-corrected chi connectivity index (χ1v) is 4.15. The summed E-state index contributed by atoms with van der Waals surface area (Å²) in [6.07, 6.45) is 1.85. The molecular weight excluding hydrogens is 141 g/mol. The molecule has 0 radical (unpaired) electrons. The van der Waals surface area contributed by atoms with Gasteiger partial charge >= 0.3 is 0 Å². The summed E-state index contributed by atoms with van der Waals surface area (Å²) < 4.78 is 12.8. The van der Waals surface area contributed by atoms with Gasteiger partial charge in [-0.1, -0.05) is 19.9 Å². The van der Waals surface area contributed by atoms with Crippen molar-refractivity contribution in [2.45, 2.75) is 32.5 Å². The van der Waals surface area contributed by atoms with Crippen LogP contribution in [0.4, 0.5) is 4.39 Å². The van der Waals surface area contributed by atoms with E-state index in [0.29, 0.717) is 6.42 Å². The van der Waals surface area contributed by atoms with Crippen LogP contribution in [0.3, 0.4) is 0 Å². The molecule has 3 unspecified atom stereocenters. The third-order valence-corrected chi connectivity index (χ3v) is 2.54. The van der Waals surface area contributed by atoms with Gasteiger partial charge in [0, 0.05) is 11.5 Å². The topological polar surface area (TPSA) is 12.0 Å². The summed E-state index contributed by atoms with van der Waals surface area (Å²) in [5, 5.41) is 3.21. The zero-order chi connectivity index (χ0) is 8.48. The summed E-state index contributed by atoms with van der Waals surface area (Å²) in [7, 11) is 0. The van der Waals surface area contributed by atoms with Gasteiger partial charge in [-0.05, 0) is 13.0 Å². The number of likely N-dealkylation sites (N-methyl/N-ethyl adjacent to an activating group) is 1. The van der Waals surface area contributed by atoms with Crippen LogP contribution in [0.25, 0.3) is 0 Å². The highest BCUT2D eigenvalue weighted by Gasteiger charge is 2.55. The maximum absolute atomic E-state index is 12.8. The lowest BCUT2D eigenvalue weighted by molar-refractivity contribution is 0.326. The summed E-state index contributed by atoms with van der Waals surface area (Å²) in [6, 6.07) is 0.141. The lowest BCUT2D eigenvalue weighted by atomic mass is 9.99. The number of alkyl halides is 1. The molecule has 0 saturated heterocycles. The van der Waals surface area contributed by atoms with Gasteiger partial charge in [0.2, 0.25) is 0 Å². The molecule has 1 nitrogen and oxygen atoms in total. The highest BCUT2D eigenvalue weighted by atomic mass is 19.1. The van der Waals surface area contributed by atoms with Crippen LogP contribution in [0.1, 0.15) is 20.3 Å². The zero-order valence-electron chi connectivity index (χ0n) is 7.23. The van der Waals surface area contributed by atoms with Crippen LogP contribution in [0.2, 0.25) is 0 Å². The van der Waals surface area contributed by atoms with Crippen molar-refractivity contribution in [2.24, 2.45) is 5.41 Å². The van der Waals surface area contributed by atoms with Gasteiger partial charge in [-0.15, -0.1) is 6.58 Å². The number of halogens is 1. The molecule has 2 heteroatoms. The molecule has 11 heavy (non-hydrogen) atoms. The van der Waals surface area contributed by atoms with E-state index in [0.717, 1.165) is 6.54 Å². The minimum atomic E-state index is -0.635. The molecule has 0 aromatic carbocycles. The zero-order valence-corrected chi connectivity index (χ0v) is 7.23. The van der Waals surface area contributed by atoms with Gasteiger partial charge in [-0.25, -0.2) is 4.39 Å². The Bertz CT molecular complexity index is 158. The summed E-state index contributed by atoms with van der Waals surface area (Å²) >= 11 is 0. The van der Waals surface area contributed by atoms with Crippen LogP contribution < -0.4 is 5.32 Å². The van der Waals surface area contributed by atoms with E-state index in [1.807, 2.05) is 19.9 Å². The van der Waals surface area contributed by atoms with Crippen molar-refractivity contribution in [1.29, 1.82) is 0 Å². The normalized spacial score (nSPS) is 38.3. The molecule has 0 aromatic heterocycles. The first-order valence-electron chi connectivity index (χ1n) is 4.15. The quantitative estimate of drug-likeness (QED) is 0.614. The summed E-state index contributed by atoms with van der Waals surface area (Å²) in [5.41, 5.74) is -0.169. The van der Waals surface area contributed by atoms with Crippen molar-refractivity contribution in [3.8, 4) is 0 Å². The molecule has 0 spiro atoms. The Morgan fingerprint density at radius 1 is 1.91 bits per heavy atom. The first kappa shape index (κ1) is 8.72. The van der Waals surface area contributed by atoms with Crippen molar-refractivity contribution in [3.05, 3.63) is 12.7 Å². The van der Waals surface area contributed by atoms with Crippen molar-refractivity contribution in [2.75, 3.05) is 6.54 Å². The Morgan fingerprint density at radius 3 is 2.73 bits per heavy atom. The van der Waals surface area contributed by atoms with E-state index in [4.69, 9.17) is 0 Å². The van der Waals surface area contributed by atoms with Crippen LogP contribution >= 0.6 is 0 Å². The fourth-order valence-electron chi connectivity index (χ4n) is 1.45. The minimum Gasteiger partial charge on any atom is -0.310 e. The monoisotopic (exact) mass is 157 g/mol. The van der Waals surface area contributed by atoms with Crippen molar-refractivity contribution >= 4 is 0 Å².